The maximum atomic E-state index is 9.04. The smallest absolute Gasteiger partial charge is 0.128 e. The van der Waals surface area contributed by atoms with Crippen LogP contribution in [0.5, 0.6) is 5.75 Å². The summed E-state index contributed by atoms with van der Waals surface area (Å²) in [4.78, 5) is 0. The van der Waals surface area contributed by atoms with Crippen molar-refractivity contribution in [1.82, 2.24) is 0 Å². The molecule has 0 spiro atoms. The molecular weight excluding hydrogens is 164 g/mol. The molecule has 0 fully saturated rings. The van der Waals surface area contributed by atoms with Crippen molar-refractivity contribution >= 4 is 0 Å². The third-order valence-electron chi connectivity index (χ3n) is 1.81. The monoisotopic (exact) mass is 178 g/mol. The third-order valence-corrected chi connectivity index (χ3v) is 1.81. The Balaban J connectivity index is 2.93. The van der Waals surface area contributed by atoms with Crippen LogP contribution in [-0.2, 0) is 6.61 Å². The normalized spacial score (nSPS) is 9.69. The van der Waals surface area contributed by atoms with E-state index in [4.69, 9.17) is 9.84 Å². The molecule has 0 saturated heterocycles. The molecule has 0 aliphatic heterocycles. The van der Waals surface area contributed by atoms with Crippen molar-refractivity contribution in [2.45, 2.75) is 13.5 Å². The first-order valence-electron chi connectivity index (χ1n) is 4.22. The van der Waals surface area contributed by atoms with Gasteiger partial charge in [0.15, 0.2) is 0 Å². The highest BCUT2D eigenvalue weighted by molar-refractivity contribution is 5.40. The maximum Gasteiger partial charge on any atom is 0.128 e. The summed E-state index contributed by atoms with van der Waals surface area (Å²) in [6, 6.07) is 5.71. The van der Waals surface area contributed by atoms with E-state index in [0.29, 0.717) is 6.61 Å². The van der Waals surface area contributed by atoms with Crippen molar-refractivity contribution in [2.24, 2.45) is 0 Å². The molecule has 1 rings (SSSR count). The summed E-state index contributed by atoms with van der Waals surface area (Å²) in [5.74, 6) is 0.768. The van der Waals surface area contributed by atoms with Gasteiger partial charge in [-0.05, 0) is 12.5 Å². The van der Waals surface area contributed by atoms with Crippen LogP contribution in [-0.4, -0.2) is 11.7 Å². The van der Waals surface area contributed by atoms with Crippen LogP contribution in [0.15, 0.2) is 30.9 Å². The van der Waals surface area contributed by atoms with E-state index in [1.54, 1.807) is 6.08 Å². The van der Waals surface area contributed by atoms with Gasteiger partial charge >= 0.3 is 0 Å². The molecule has 1 N–H and O–H groups in total. The molecule has 0 atom stereocenters. The first-order valence-corrected chi connectivity index (χ1v) is 4.22. The van der Waals surface area contributed by atoms with Crippen molar-refractivity contribution in [3.8, 4) is 5.75 Å². The van der Waals surface area contributed by atoms with E-state index in [1.807, 2.05) is 25.1 Å². The number of rotatable bonds is 4. The number of aryl methyl sites for hydroxylation is 1. The van der Waals surface area contributed by atoms with E-state index >= 15 is 0 Å². The third kappa shape index (κ3) is 2.33. The Kier molecular flexibility index (Phi) is 3.53. The maximum absolute atomic E-state index is 9.04. The molecule has 0 bridgehead atoms. The van der Waals surface area contributed by atoms with Crippen LogP contribution in [0.2, 0.25) is 0 Å². The van der Waals surface area contributed by atoms with E-state index in [-0.39, 0.29) is 6.61 Å². The van der Waals surface area contributed by atoms with Crippen molar-refractivity contribution < 1.29 is 9.84 Å². The van der Waals surface area contributed by atoms with Gasteiger partial charge < -0.3 is 9.84 Å². The van der Waals surface area contributed by atoms with Gasteiger partial charge in [0, 0.05) is 5.56 Å². The van der Waals surface area contributed by atoms with Gasteiger partial charge in [0.1, 0.15) is 12.4 Å². The predicted molar refractivity (Wildman–Crippen MR) is 52.8 cm³/mol. The molecule has 0 saturated carbocycles. The van der Waals surface area contributed by atoms with Crippen LogP contribution in [0.25, 0.3) is 0 Å². The molecule has 0 radical (unpaired) electrons. The van der Waals surface area contributed by atoms with Crippen LogP contribution >= 0.6 is 0 Å². The number of ether oxygens (including phenoxy) is 1. The number of aliphatic hydroxyl groups excluding tert-OH is 1. The molecule has 0 unspecified atom stereocenters. The summed E-state index contributed by atoms with van der Waals surface area (Å²) in [5.41, 5.74) is 1.86. The minimum Gasteiger partial charge on any atom is -0.489 e. The van der Waals surface area contributed by atoms with Crippen molar-refractivity contribution in [3.63, 3.8) is 0 Å². The van der Waals surface area contributed by atoms with Gasteiger partial charge in [-0.25, -0.2) is 0 Å². The Morgan fingerprint density at radius 2 is 2.31 bits per heavy atom. The molecule has 2 heteroatoms. The second kappa shape index (κ2) is 4.67. The number of para-hydroxylation sites is 1. The zero-order valence-corrected chi connectivity index (χ0v) is 7.79. The molecule has 0 aliphatic rings. The lowest BCUT2D eigenvalue weighted by Gasteiger charge is -2.10. The molecule has 0 amide bonds. The zero-order chi connectivity index (χ0) is 9.68. The van der Waals surface area contributed by atoms with Gasteiger partial charge in [0.25, 0.3) is 0 Å². The molecule has 1 aromatic rings. The van der Waals surface area contributed by atoms with Gasteiger partial charge in [0.05, 0.1) is 6.61 Å². The van der Waals surface area contributed by atoms with Crippen molar-refractivity contribution in [3.05, 3.63) is 42.0 Å². The molecule has 2 nitrogen and oxygen atoms in total. The molecule has 70 valence electrons. The summed E-state index contributed by atoms with van der Waals surface area (Å²) < 4.78 is 5.43. The van der Waals surface area contributed by atoms with Gasteiger partial charge in [0.2, 0.25) is 0 Å². The highest BCUT2D eigenvalue weighted by Crippen LogP contribution is 2.23. The lowest BCUT2D eigenvalue weighted by molar-refractivity contribution is 0.269. The first-order chi connectivity index (χ1) is 6.29. The van der Waals surface area contributed by atoms with E-state index < -0.39 is 0 Å². The molecule has 0 aliphatic carbocycles. The lowest BCUT2D eigenvalue weighted by Crippen LogP contribution is -1.99. The summed E-state index contributed by atoms with van der Waals surface area (Å²) in [6.45, 7) is 6.01. The van der Waals surface area contributed by atoms with Crippen LogP contribution in [0.3, 0.4) is 0 Å². The Bertz CT molecular complexity index is 292. The SMILES string of the molecule is C=CCOc1c(C)cccc1CO. The summed E-state index contributed by atoms with van der Waals surface area (Å²) >= 11 is 0. The van der Waals surface area contributed by atoms with Gasteiger partial charge in [-0.15, -0.1) is 0 Å². The first kappa shape index (κ1) is 9.81. The Morgan fingerprint density at radius 1 is 1.54 bits per heavy atom. The molecular formula is C11H14O2. The summed E-state index contributed by atoms with van der Waals surface area (Å²) in [6.07, 6.45) is 1.69. The fraction of sp³-hybridized carbons (Fsp3) is 0.273. The average molecular weight is 178 g/mol. The topological polar surface area (TPSA) is 29.5 Å². The van der Waals surface area contributed by atoms with Gasteiger partial charge in [-0.2, -0.15) is 0 Å². The number of benzene rings is 1. The minimum atomic E-state index is 0.00809. The highest BCUT2D eigenvalue weighted by Gasteiger charge is 2.04. The van der Waals surface area contributed by atoms with Crippen LogP contribution in [0, 0.1) is 6.92 Å². The van der Waals surface area contributed by atoms with Crippen LogP contribution in [0.4, 0.5) is 0 Å². The van der Waals surface area contributed by atoms with E-state index in [0.717, 1.165) is 16.9 Å². The van der Waals surface area contributed by atoms with Gasteiger partial charge in [-0.3, -0.25) is 0 Å². The zero-order valence-electron chi connectivity index (χ0n) is 7.79. The van der Waals surface area contributed by atoms with E-state index in [9.17, 15) is 0 Å². The Labute approximate surface area is 78.5 Å². The number of aliphatic hydroxyl groups is 1. The second-order valence-electron chi connectivity index (χ2n) is 2.82. The van der Waals surface area contributed by atoms with Crippen LogP contribution in [0.1, 0.15) is 11.1 Å². The standard InChI is InChI=1S/C11H14O2/c1-3-7-13-11-9(2)5-4-6-10(11)8-12/h3-6,12H,1,7-8H2,2H3. The predicted octanol–water partition coefficient (Wildman–Crippen LogP) is 2.05. The highest BCUT2D eigenvalue weighted by atomic mass is 16.5. The molecule has 1 aromatic carbocycles. The van der Waals surface area contributed by atoms with E-state index in [1.165, 1.54) is 0 Å². The minimum absolute atomic E-state index is 0.00809. The Morgan fingerprint density at radius 3 is 2.92 bits per heavy atom. The Hall–Kier alpha value is -1.28. The van der Waals surface area contributed by atoms with Crippen molar-refractivity contribution in [1.29, 1.82) is 0 Å². The quantitative estimate of drug-likeness (QED) is 0.715. The summed E-state index contributed by atoms with van der Waals surface area (Å²) in [7, 11) is 0. The van der Waals surface area contributed by atoms with E-state index in [2.05, 4.69) is 6.58 Å². The fourth-order valence-electron chi connectivity index (χ4n) is 1.19. The largest absolute Gasteiger partial charge is 0.489 e. The number of hydrogen-bond acceptors (Lipinski definition) is 2. The lowest BCUT2D eigenvalue weighted by atomic mass is 10.1. The molecule has 0 aromatic heterocycles. The molecule has 0 heterocycles. The second-order valence-corrected chi connectivity index (χ2v) is 2.82. The van der Waals surface area contributed by atoms with Crippen molar-refractivity contribution in [2.75, 3.05) is 6.61 Å². The summed E-state index contributed by atoms with van der Waals surface area (Å²) in [5, 5.41) is 9.04. The van der Waals surface area contributed by atoms with Gasteiger partial charge in [-0.1, -0.05) is 30.9 Å². The fourth-order valence-corrected chi connectivity index (χ4v) is 1.19. The molecule has 13 heavy (non-hydrogen) atoms. The average Bonchev–Trinajstić information content (AvgIpc) is 2.15. The van der Waals surface area contributed by atoms with Crippen LogP contribution < -0.4 is 4.74 Å². The number of hydrogen-bond donors (Lipinski definition) is 1.